The molecule has 0 aromatic rings. The van der Waals surface area contributed by atoms with E-state index in [0.29, 0.717) is 19.4 Å². The first kappa shape index (κ1) is 9.45. The van der Waals surface area contributed by atoms with E-state index in [-0.39, 0.29) is 17.9 Å². The van der Waals surface area contributed by atoms with E-state index in [0.717, 1.165) is 0 Å². The van der Waals surface area contributed by atoms with Crippen LogP contribution < -0.4 is 5.32 Å². The number of hydrogen-bond acceptors (Lipinski definition) is 3. The third-order valence-corrected chi connectivity index (χ3v) is 3.07. The molecule has 1 aliphatic carbocycles. The first-order valence-corrected chi connectivity index (χ1v) is 4.68. The minimum absolute atomic E-state index is 0.00581. The van der Waals surface area contributed by atoms with Crippen LogP contribution in [0.5, 0.6) is 0 Å². The monoisotopic (exact) mass is 199 g/mol. The predicted molar refractivity (Wildman–Crippen MR) is 46.6 cm³/mol. The normalized spacial score (nSPS) is 39.8. The molecule has 0 radical (unpaired) electrons. The molecule has 5 nitrogen and oxygen atoms in total. The highest BCUT2D eigenvalue weighted by atomic mass is 16.5. The van der Waals surface area contributed by atoms with Gasteiger partial charge in [0.05, 0.1) is 12.6 Å². The molecule has 0 aromatic carbocycles. The number of rotatable bonds is 2. The van der Waals surface area contributed by atoms with Crippen molar-refractivity contribution in [3.8, 4) is 0 Å². The molecular formula is C9H13NO4. The number of ether oxygens (including phenoxy) is 1. The highest BCUT2D eigenvalue weighted by molar-refractivity contribution is 5.79. The van der Waals surface area contributed by atoms with E-state index in [1.165, 1.54) is 6.92 Å². The summed E-state index contributed by atoms with van der Waals surface area (Å²) in [5, 5.41) is 11.7. The maximum Gasteiger partial charge on any atom is 0.335 e. The van der Waals surface area contributed by atoms with Crippen molar-refractivity contribution in [1.29, 1.82) is 0 Å². The zero-order valence-corrected chi connectivity index (χ0v) is 7.95. The van der Waals surface area contributed by atoms with Crippen molar-refractivity contribution in [2.45, 2.75) is 31.4 Å². The minimum atomic E-state index is -0.945. The summed E-state index contributed by atoms with van der Waals surface area (Å²) in [7, 11) is 0. The van der Waals surface area contributed by atoms with Gasteiger partial charge < -0.3 is 15.2 Å². The van der Waals surface area contributed by atoms with Crippen LogP contribution in [0.4, 0.5) is 0 Å². The van der Waals surface area contributed by atoms with Crippen LogP contribution in [0.1, 0.15) is 19.8 Å². The number of nitrogens with one attached hydrogen (secondary N) is 1. The van der Waals surface area contributed by atoms with Gasteiger partial charge in [0, 0.05) is 6.92 Å². The molecule has 3 aliphatic rings. The first-order valence-electron chi connectivity index (χ1n) is 4.68. The van der Waals surface area contributed by atoms with E-state index in [9.17, 15) is 9.59 Å². The average Bonchev–Trinajstić information content (AvgIpc) is 2.00. The molecule has 1 atom stereocenters. The maximum atomic E-state index is 10.8. The largest absolute Gasteiger partial charge is 0.479 e. The molecule has 2 saturated heterocycles. The van der Waals surface area contributed by atoms with Crippen LogP contribution in [-0.2, 0) is 14.3 Å². The molecule has 1 saturated carbocycles. The van der Waals surface area contributed by atoms with Crippen molar-refractivity contribution in [2.75, 3.05) is 6.61 Å². The topological polar surface area (TPSA) is 75.6 Å². The zero-order valence-electron chi connectivity index (χ0n) is 7.95. The minimum Gasteiger partial charge on any atom is -0.479 e. The van der Waals surface area contributed by atoms with Gasteiger partial charge in [0.25, 0.3) is 0 Å². The summed E-state index contributed by atoms with van der Waals surface area (Å²) in [6, 6.07) is -0.00581. The number of fused-ring (bicyclic) bond motifs is 2. The summed E-state index contributed by atoms with van der Waals surface area (Å²) in [4.78, 5) is 21.6. The Kier molecular flexibility index (Phi) is 1.99. The molecule has 1 amide bonds. The number of carbonyl (C=O) groups is 2. The lowest BCUT2D eigenvalue weighted by atomic mass is 9.65. The van der Waals surface area contributed by atoms with Gasteiger partial charge in [-0.3, -0.25) is 4.79 Å². The second kappa shape index (κ2) is 2.95. The SMILES string of the molecule is CC(=O)NC1COC2(C(=O)O)CC1C2. The van der Waals surface area contributed by atoms with Crippen LogP contribution in [0.3, 0.4) is 0 Å². The van der Waals surface area contributed by atoms with Gasteiger partial charge in [-0.15, -0.1) is 0 Å². The van der Waals surface area contributed by atoms with Gasteiger partial charge in [-0.1, -0.05) is 0 Å². The predicted octanol–water partition coefficient (Wildman–Crippen LogP) is -0.245. The van der Waals surface area contributed by atoms with Gasteiger partial charge in [0.1, 0.15) is 0 Å². The second-order valence-electron chi connectivity index (χ2n) is 4.09. The molecule has 5 heteroatoms. The fourth-order valence-electron chi connectivity index (χ4n) is 2.23. The van der Waals surface area contributed by atoms with Gasteiger partial charge >= 0.3 is 5.97 Å². The van der Waals surface area contributed by atoms with Crippen molar-refractivity contribution < 1.29 is 19.4 Å². The van der Waals surface area contributed by atoms with E-state index in [1.807, 2.05) is 0 Å². The van der Waals surface area contributed by atoms with Gasteiger partial charge in [-0.05, 0) is 18.8 Å². The Hall–Kier alpha value is -1.10. The Balaban J connectivity index is 1.96. The lowest BCUT2D eigenvalue weighted by Crippen LogP contribution is -2.65. The molecule has 2 heterocycles. The van der Waals surface area contributed by atoms with Crippen LogP contribution in [0.25, 0.3) is 0 Å². The highest BCUT2D eigenvalue weighted by Crippen LogP contribution is 2.47. The van der Waals surface area contributed by atoms with Gasteiger partial charge in [0.2, 0.25) is 5.91 Å². The Morgan fingerprint density at radius 2 is 2.14 bits per heavy atom. The van der Waals surface area contributed by atoms with Crippen LogP contribution in [0.15, 0.2) is 0 Å². The van der Waals surface area contributed by atoms with Crippen molar-refractivity contribution >= 4 is 11.9 Å². The van der Waals surface area contributed by atoms with E-state index >= 15 is 0 Å². The summed E-state index contributed by atoms with van der Waals surface area (Å²) in [6.45, 7) is 1.77. The summed E-state index contributed by atoms with van der Waals surface area (Å²) < 4.78 is 5.29. The molecule has 3 rings (SSSR count). The Labute approximate surface area is 81.4 Å². The zero-order chi connectivity index (χ0) is 10.3. The maximum absolute atomic E-state index is 10.8. The number of carbonyl (C=O) groups excluding carboxylic acids is 1. The summed E-state index contributed by atoms with van der Waals surface area (Å²) >= 11 is 0. The first-order chi connectivity index (χ1) is 6.53. The molecule has 1 unspecified atom stereocenters. The molecule has 2 bridgehead atoms. The molecule has 2 N–H and O–H groups in total. The van der Waals surface area contributed by atoms with E-state index in [2.05, 4.69) is 5.32 Å². The number of carboxylic acids is 1. The van der Waals surface area contributed by atoms with Crippen molar-refractivity contribution in [2.24, 2.45) is 5.92 Å². The van der Waals surface area contributed by atoms with Gasteiger partial charge in [0.15, 0.2) is 5.60 Å². The van der Waals surface area contributed by atoms with Crippen molar-refractivity contribution in [3.05, 3.63) is 0 Å². The van der Waals surface area contributed by atoms with Gasteiger partial charge in [-0.2, -0.15) is 0 Å². The molecule has 2 aliphatic heterocycles. The third-order valence-electron chi connectivity index (χ3n) is 3.07. The van der Waals surface area contributed by atoms with Crippen molar-refractivity contribution in [1.82, 2.24) is 5.32 Å². The number of carboxylic acid groups (broad SMARTS) is 1. The Morgan fingerprint density at radius 1 is 1.50 bits per heavy atom. The highest BCUT2D eigenvalue weighted by Gasteiger charge is 2.58. The Bertz CT molecular complexity index is 277. The lowest BCUT2D eigenvalue weighted by Gasteiger charge is -2.52. The molecule has 14 heavy (non-hydrogen) atoms. The van der Waals surface area contributed by atoms with Crippen LogP contribution in [0, 0.1) is 5.92 Å². The summed E-state index contributed by atoms with van der Waals surface area (Å²) in [5.41, 5.74) is -0.945. The van der Waals surface area contributed by atoms with E-state index in [1.54, 1.807) is 0 Å². The molecule has 0 spiro atoms. The van der Waals surface area contributed by atoms with Crippen molar-refractivity contribution in [3.63, 3.8) is 0 Å². The van der Waals surface area contributed by atoms with Crippen LogP contribution in [-0.4, -0.2) is 35.2 Å². The number of amides is 1. The third kappa shape index (κ3) is 1.28. The summed E-state index contributed by atoms with van der Waals surface area (Å²) in [5.74, 6) is -0.702. The standard InChI is InChI=1S/C9H13NO4/c1-5(11)10-7-4-14-9(8(12)13)2-6(7)3-9/h6-7H,2-4H2,1H3,(H,10,11)(H,12,13). The van der Waals surface area contributed by atoms with Gasteiger partial charge in [-0.25, -0.2) is 4.79 Å². The van der Waals surface area contributed by atoms with E-state index in [4.69, 9.17) is 9.84 Å². The molecular weight excluding hydrogens is 186 g/mol. The van der Waals surface area contributed by atoms with E-state index < -0.39 is 11.6 Å². The second-order valence-corrected chi connectivity index (χ2v) is 4.09. The van der Waals surface area contributed by atoms with Crippen LogP contribution >= 0.6 is 0 Å². The van der Waals surface area contributed by atoms with Crippen LogP contribution in [0.2, 0.25) is 0 Å². The summed E-state index contributed by atoms with van der Waals surface area (Å²) in [6.07, 6.45) is 1.04. The smallest absolute Gasteiger partial charge is 0.335 e. The molecule has 3 fully saturated rings. The molecule has 0 aromatic heterocycles. The molecule has 78 valence electrons. The quantitative estimate of drug-likeness (QED) is 0.643. The number of aliphatic carboxylic acids is 1. The fraction of sp³-hybridized carbons (Fsp3) is 0.778. The fourth-order valence-corrected chi connectivity index (χ4v) is 2.23. The Morgan fingerprint density at radius 3 is 2.50 bits per heavy atom. The average molecular weight is 199 g/mol. The lowest BCUT2D eigenvalue weighted by molar-refractivity contribution is -0.214. The number of hydrogen-bond donors (Lipinski definition) is 2.